The highest BCUT2D eigenvalue weighted by molar-refractivity contribution is 5.75. The number of aryl methyl sites for hydroxylation is 1. The van der Waals surface area contributed by atoms with Crippen LogP contribution in [0.15, 0.2) is 6.20 Å². The maximum absolute atomic E-state index is 11.0. The number of hydrogen-bond donors (Lipinski definition) is 2. The van der Waals surface area contributed by atoms with Crippen LogP contribution >= 0.6 is 0 Å². The van der Waals surface area contributed by atoms with Crippen LogP contribution in [0, 0.1) is 12.8 Å². The summed E-state index contributed by atoms with van der Waals surface area (Å²) in [6.45, 7) is 8.08. The maximum Gasteiger partial charge on any atom is 0.231 e. The van der Waals surface area contributed by atoms with Crippen molar-refractivity contribution >= 4 is 5.91 Å². The van der Waals surface area contributed by atoms with Gasteiger partial charge in [-0.3, -0.25) is 14.8 Å². The largest absolute Gasteiger partial charge is 0.369 e. The summed E-state index contributed by atoms with van der Waals surface area (Å²) in [6.07, 6.45) is 1.80. The molecule has 0 aliphatic rings. The zero-order valence-corrected chi connectivity index (χ0v) is 10.2. The van der Waals surface area contributed by atoms with E-state index in [0.29, 0.717) is 19.0 Å². The highest BCUT2D eigenvalue weighted by atomic mass is 16.1. The van der Waals surface area contributed by atoms with E-state index in [9.17, 15) is 4.79 Å². The molecular weight excluding hydrogens is 204 g/mol. The monoisotopic (exact) mass is 224 g/mol. The quantitative estimate of drug-likeness (QED) is 0.745. The first-order valence-electron chi connectivity index (χ1n) is 5.48. The van der Waals surface area contributed by atoms with Crippen molar-refractivity contribution < 1.29 is 4.79 Å². The predicted octanol–water partition coefficient (Wildman–Crippen LogP) is 0.661. The van der Waals surface area contributed by atoms with E-state index in [0.717, 1.165) is 17.8 Å². The van der Waals surface area contributed by atoms with Crippen LogP contribution in [0.2, 0.25) is 0 Å². The molecule has 1 heterocycles. The molecular formula is C11H20N4O. The van der Waals surface area contributed by atoms with Gasteiger partial charge in [0.05, 0.1) is 12.7 Å². The predicted molar refractivity (Wildman–Crippen MR) is 62.6 cm³/mol. The van der Waals surface area contributed by atoms with Crippen molar-refractivity contribution in [3.8, 4) is 0 Å². The van der Waals surface area contributed by atoms with Gasteiger partial charge in [0.25, 0.3) is 0 Å². The highest BCUT2D eigenvalue weighted by Crippen LogP contribution is 2.09. The second-order valence-electron chi connectivity index (χ2n) is 4.55. The van der Waals surface area contributed by atoms with Crippen molar-refractivity contribution in [1.29, 1.82) is 0 Å². The SMILES string of the molecule is Cc1[nH]ncc1CN(CC(N)=O)CC(C)C. The van der Waals surface area contributed by atoms with E-state index in [1.54, 1.807) is 6.20 Å². The Labute approximate surface area is 96.0 Å². The molecule has 0 saturated carbocycles. The summed E-state index contributed by atoms with van der Waals surface area (Å²) in [5, 5.41) is 6.85. The molecule has 1 aromatic rings. The lowest BCUT2D eigenvalue weighted by Gasteiger charge is -2.22. The van der Waals surface area contributed by atoms with Crippen molar-refractivity contribution in [3.05, 3.63) is 17.5 Å². The molecule has 5 nitrogen and oxygen atoms in total. The molecule has 1 amide bonds. The van der Waals surface area contributed by atoms with E-state index < -0.39 is 0 Å². The zero-order valence-electron chi connectivity index (χ0n) is 10.2. The van der Waals surface area contributed by atoms with Crippen molar-refractivity contribution in [2.45, 2.75) is 27.3 Å². The van der Waals surface area contributed by atoms with E-state index in [-0.39, 0.29) is 5.91 Å². The third kappa shape index (κ3) is 4.02. The van der Waals surface area contributed by atoms with Gasteiger partial charge < -0.3 is 5.73 Å². The van der Waals surface area contributed by atoms with Gasteiger partial charge in [-0.2, -0.15) is 5.10 Å². The number of amides is 1. The van der Waals surface area contributed by atoms with Gasteiger partial charge in [-0.25, -0.2) is 0 Å². The van der Waals surface area contributed by atoms with E-state index >= 15 is 0 Å². The van der Waals surface area contributed by atoms with Crippen LogP contribution in [-0.2, 0) is 11.3 Å². The topological polar surface area (TPSA) is 75.0 Å². The van der Waals surface area contributed by atoms with Crippen LogP contribution in [0.4, 0.5) is 0 Å². The molecule has 0 bridgehead atoms. The molecule has 0 atom stereocenters. The Kier molecular flexibility index (Phi) is 4.49. The average molecular weight is 224 g/mol. The molecule has 90 valence electrons. The van der Waals surface area contributed by atoms with Crippen LogP contribution in [-0.4, -0.2) is 34.1 Å². The van der Waals surface area contributed by atoms with Gasteiger partial charge in [0.2, 0.25) is 5.91 Å². The molecule has 1 aromatic heterocycles. The van der Waals surface area contributed by atoms with Gasteiger partial charge in [0.15, 0.2) is 0 Å². The second kappa shape index (κ2) is 5.65. The molecule has 0 radical (unpaired) electrons. The lowest BCUT2D eigenvalue weighted by Crippen LogP contribution is -2.35. The number of rotatable bonds is 6. The van der Waals surface area contributed by atoms with Gasteiger partial charge in [0.1, 0.15) is 0 Å². The van der Waals surface area contributed by atoms with Gasteiger partial charge in [0, 0.05) is 24.3 Å². The van der Waals surface area contributed by atoms with Crippen LogP contribution in [0.5, 0.6) is 0 Å². The molecule has 0 fully saturated rings. The molecule has 0 unspecified atom stereocenters. The maximum atomic E-state index is 11.0. The Hall–Kier alpha value is -1.36. The average Bonchev–Trinajstić information content (AvgIpc) is 2.49. The number of carbonyl (C=O) groups excluding carboxylic acids is 1. The van der Waals surface area contributed by atoms with Crippen LogP contribution in [0.25, 0.3) is 0 Å². The Morgan fingerprint density at radius 3 is 2.75 bits per heavy atom. The number of nitrogens with two attached hydrogens (primary N) is 1. The van der Waals surface area contributed by atoms with Gasteiger partial charge in [-0.1, -0.05) is 13.8 Å². The lowest BCUT2D eigenvalue weighted by molar-refractivity contribution is -0.119. The van der Waals surface area contributed by atoms with Gasteiger partial charge in [-0.05, 0) is 12.8 Å². The minimum atomic E-state index is -0.290. The number of aromatic amines is 1. The van der Waals surface area contributed by atoms with Crippen molar-refractivity contribution in [3.63, 3.8) is 0 Å². The molecule has 16 heavy (non-hydrogen) atoms. The highest BCUT2D eigenvalue weighted by Gasteiger charge is 2.12. The fraction of sp³-hybridized carbons (Fsp3) is 0.636. The first-order chi connectivity index (χ1) is 7.49. The summed E-state index contributed by atoms with van der Waals surface area (Å²) >= 11 is 0. The number of carbonyl (C=O) groups is 1. The van der Waals surface area contributed by atoms with Crippen LogP contribution in [0.1, 0.15) is 25.1 Å². The number of H-pyrrole nitrogens is 1. The lowest BCUT2D eigenvalue weighted by atomic mass is 10.2. The van der Waals surface area contributed by atoms with Crippen molar-refractivity contribution in [2.24, 2.45) is 11.7 Å². The number of nitrogens with one attached hydrogen (secondary N) is 1. The molecule has 0 saturated heterocycles. The molecule has 0 aliphatic heterocycles. The van der Waals surface area contributed by atoms with Crippen molar-refractivity contribution in [2.75, 3.05) is 13.1 Å². The molecule has 0 aromatic carbocycles. The molecule has 5 heteroatoms. The van der Waals surface area contributed by atoms with Crippen molar-refractivity contribution in [1.82, 2.24) is 15.1 Å². The van der Waals surface area contributed by atoms with Gasteiger partial charge >= 0.3 is 0 Å². The standard InChI is InChI=1S/C11H20N4O/c1-8(2)5-15(7-11(12)16)6-10-4-13-14-9(10)3/h4,8H,5-7H2,1-3H3,(H2,12,16)(H,13,14). The smallest absolute Gasteiger partial charge is 0.231 e. The summed E-state index contributed by atoms with van der Waals surface area (Å²) in [5.74, 6) is 0.216. The normalized spacial score (nSPS) is 11.3. The molecule has 3 N–H and O–H groups in total. The number of nitrogens with zero attached hydrogens (tertiary/aromatic N) is 2. The fourth-order valence-corrected chi connectivity index (χ4v) is 1.70. The summed E-state index contributed by atoms with van der Waals surface area (Å²) in [4.78, 5) is 13.0. The number of hydrogen-bond acceptors (Lipinski definition) is 3. The minimum absolute atomic E-state index is 0.290. The third-order valence-electron chi connectivity index (χ3n) is 2.33. The second-order valence-corrected chi connectivity index (χ2v) is 4.55. The summed E-state index contributed by atoms with van der Waals surface area (Å²) < 4.78 is 0. The molecule has 0 aliphatic carbocycles. The van der Waals surface area contributed by atoms with Crippen LogP contribution in [0.3, 0.4) is 0 Å². The Morgan fingerprint density at radius 1 is 1.62 bits per heavy atom. The third-order valence-corrected chi connectivity index (χ3v) is 2.33. The van der Waals surface area contributed by atoms with Crippen LogP contribution < -0.4 is 5.73 Å². The fourth-order valence-electron chi connectivity index (χ4n) is 1.70. The first kappa shape index (κ1) is 12.7. The number of primary amides is 1. The summed E-state index contributed by atoms with van der Waals surface area (Å²) in [6, 6.07) is 0. The Bertz CT molecular complexity index is 346. The molecule has 1 rings (SSSR count). The van der Waals surface area contributed by atoms with E-state index in [4.69, 9.17) is 5.73 Å². The van der Waals surface area contributed by atoms with Gasteiger partial charge in [-0.15, -0.1) is 0 Å². The zero-order chi connectivity index (χ0) is 12.1. The Morgan fingerprint density at radius 2 is 2.31 bits per heavy atom. The first-order valence-corrected chi connectivity index (χ1v) is 5.48. The minimum Gasteiger partial charge on any atom is -0.369 e. The summed E-state index contributed by atoms with van der Waals surface area (Å²) in [5.41, 5.74) is 7.38. The molecule has 0 spiro atoms. The van der Waals surface area contributed by atoms with E-state index in [1.807, 2.05) is 11.8 Å². The van der Waals surface area contributed by atoms with E-state index in [1.165, 1.54) is 0 Å². The van der Waals surface area contributed by atoms with E-state index in [2.05, 4.69) is 24.0 Å². The summed E-state index contributed by atoms with van der Waals surface area (Å²) in [7, 11) is 0. The number of aromatic nitrogens is 2. The Balaban J connectivity index is 2.62.